The van der Waals surface area contributed by atoms with Crippen LogP contribution in [0.5, 0.6) is 11.5 Å². The highest BCUT2D eigenvalue weighted by Gasteiger charge is 2.76. The van der Waals surface area contributed by atoms with E-state index >= 15 is 0 Å². The molecule has 442 valence electrons. The summed E-state index contributed by atoms with van der Waals surface area (Å²) in [5.41, 5.74) is 15.6. The van der Waals surface area contributed by atoms with Gasteiger partial charge in [-0.3, -0.25) is 29.5 Å². The van der Waals surface area contributed by atoms with Crippen LogP contribution in [-0.2, 0) is 35.1 Å². The molecule has 3 saturated carbocycles. The molecular formula is C52H60Cl2F3N10O14P. The summed E-state index contributed by atoms with van der Waals surface area (Å²) in [6, 6.07) is 8.29. The van der Waals surface area contributed by atoms with E-state index in [1.807, 2.05) is 13.8 Å². The third-order valence-electron chi connectivity index (χ3n) is 15.2. The van der Waals surface area contributed by atoms with Gasteiger partial charge in [-0.05, 0) is 92.4 Å². The number of halogens is 5. The Bertz CT molecular complexity index is 3390. The molecule has 2 bridgehead atoms. The number of anilines is 3. The van der Waals surface area contributed by atoms with E-state index in [1.165, 1.54) is 30.0 Å². The Hall–Kier alpha value is -7.29. The molecule has 82 heavy (non-hydrogen) atoms. The number of aromatic amines is 2. The predicted molar refractivity (Wildman–Crippen MR) is 294 cm³/mol. The molecule has 3 fully saturated rings. The first-order chi connectivity index (χ1) is 38.5. The van der Waals surface area contributed by atoms with Gasteiger partial charge in [0.15, 0.2) is 11.5 Å². The number of nitrogens with zero attached hydrogens (tertiary/aromatic N) is 4. The summed E-state index contributed by atoms with van der Waals surface area (Å²) in [7, 11) is -1.90. The Morgan fingerprint density at radius 1 is 0.829 bits per heavy atom. The monoisotopic (exact) mass is 1210 g/mol. The topological polar surface area (TPSA) is 346 Å². The van der Waals surface area contributed by atoms with E-state index in [9.17, 15) is 56.3 Å². The van der Waals surface area contributed by atoms with E-state index < -0.39 is 61.0 Å². The molecule has 5 aliphatic rings. The molecule has 3 atom stereocenters. The molecule has 2 aliphatic heterocycles. The number of carboxylic acids is 1. The van der Waals surface area contributed by atoms with E-state index in [-0.39, 0.29) is 79.7 Å². The second-order valence-corrected chi connectivity index (χ2v) is 22.8. The number of fused-ring (bicyclic) bond motifs is 6. The van der Waals surface area contributed by atoms with Crippen molar-refractivity contribution < 1.29 is 80.2 Å². The molecule has 5 aromatic rings. The number of carbonyl (C=O) groups is 7. The third-order valence-corrected chi connectivity index (χ3v) is 16.4. The number of benzene rings is 3. The summed E-state index contributed by atoms with van der Waals surface area (Å²) >= 11 is 13.1. The van der Waals surface area contributed by atoms with Crippen molar-refractivity contribution in [3.8, 4) is 11.5 Å². The molecule has 0 radical (unpaired) electrons. The van der Waals surface area contributed by atoms with E-state index in [2.05, 4.69) is 20.6 Å². The lowest BCUT2D eigenvalue weighted by atomic mass is 9.34. The van der Waals surface area contributed by atoms with Gasteiger partial charge in [0.25, 0.3) is 0 Å². The molecule has 7 amide bonds. The Morgan fingerprint density at radius 2 is 1.30 bits per heavy atom. The normalized spacial score (nSPS) is 19.9. The van der Waals surface area contributed by atoms with Gasteiger partial charge in [-0.1, -0.05) is 12.1 Å². The van der Waals surface area contributed by atoms with Crippen molar-refractivity contribution in [2.75, 3.05) is 73.7 Å². The van der Waals surface area contributed by atoms with Gasteiger partial charge >= 0.3 is 38.2 Å². The van der Waals surface area contributed by atoms with E-state index in [0.29, 0.717) is 77.7 Å². The number of aliphatic carboxylic acids is 1. The third kappa shape index (κ3) is 12.1. The number of H-pyrrole nitrogens is 2. The number of phosphoric ester groups is 1. The van der Waals surface area contributed by atoms with Crippen molar-refractivity contribution in [3.05, 3.63) is 76.6 Å². The maximum absolute atomic E-state index is 14.8. The lowest BCUT2D eigenvalue weighted by molar-refractivity contribution is -0.205. The number of nitrogens with one attached hydrogen (secondary N) is 4. The van der Waals surface area contributed by atoms with Gasteiger partial charge in [0.1, 0.15) is 12.6 Å². The maximum Gasteiger partial charge on any atom is 0.524 e. The van der Waals surface area contributed by atoms with Crippen LogP contribution in [0, 0.1) is 24.7 Å². The lowest BCUT2D eigenvalue weighted by Gasteiger charge is -2.69. The number of hydrogen-bond donors (Lipinski definition) is 9. The van der Waals surface area contributed by atoms with Crippen molar-refractivity contribution in [2.45, 2.75) is 76.6 Å². The molecular weight excluding hydrogens is 1150 g/mol. The zero-order valence-electron chi connectivity index (χ0n) is 44.7. The van der Waals surface area contributed by atoms with Crippen LogP contribution in [0.2, 0.25) is 0 Å². The highest BCUT2D eigenvalue weighted by molar-refractivity contribution is 7.46. The van der Waals surface area contributed by atoms with Crippen molar-refractivity contribution >= 4 is 112 Å². The molecule has 0 saturated heterocycles. The number of urea groups is 1. The van der Waals surface area contributed by atoms with Crippen LogP contribution in [-0.4, -0.2) is 147 Å². The first-order valence-corrected chi connectivity index (χ1v) is 28.2. The van der Waals surface area contributed by atoms with Gasteiger partial charge in [0.05, 0.1) is 33.2 Å². The first-order valence-electron chi connectivity index (χ1n) is 25.6. The van der Waals surface area contributed by atoms with Gasteiger partial charge in [0, 0.05) is 105 Å². The molecule has 0 unspecified atom stereocenters. The number of nitrogens with two attached hydrogens (primary N) is 2. The number of aryl methyl sites for hydroxylation is 2. The first kappa shape index (κ1) is 60.8. The average Bonchev–Trinajstić information content (AvgIpc) is 1.15. The smallest absolute Gasteiger partial charge is 0.475 e. The van der Waals surface area contributed by atoms with Crippen molar-refractivity contribution in [3.63, 3.8) is 0 Å². The number of carboxylic acid groups (broad SMARTS) is 1. The predicted octanol–water partition coefficient (Wildman–Crippen LogP) is 6.99. The van der Waals surface area contributed by atoms with Gasteiger partial charge < -0.3 is 65.5 Å². The highest BCUT2D eigenvalue weighted by Crippen LogP contribution is 2.75. The van der Waals surface area contributed by atoms with Gasteiger partial charge in [0.2, 0.25) is 17.7 Å². The zero-order valence-corrected chi connectivity index (χ0v) is 47.1. The van der Waals surface area contributed by atoms with Crippen LogP contribution in [0.3, 0.4) is 0 Å². The number of alkyl halides is 5. The summed E-state index contributed by atoms with van der Waals surface area (Å²) < 4.78 is 60.4. The lowest BCUT2D eigenvalue weighted by Crippen LogP contribution is -2.73. The molecule has 4 heterocycles. The van der Waals surface area contributed by atoms with Crippen LogP contribution in [0.15, 0.2) is 48.8 Å². The Balaban J connectivity index is 0.00000118. The standard InChI is InChI=1S/C50H59Cl2N10O12P.C2HF3O2/c1-26-18-55-41-35(73-48(68)60(4)13-12-59(3)47(67)72-22-28-7-9-31(10-8-28)57-32(6-5-11-53)43(63)58-46(54)66)14-33-39(37(26)41)29(16-51)20-61(33)44(64)49-23-50(24-49,25-49)45(65)62-21-30(17-52)40-34(62)15-36(74-75(69,70)71)42-38(40)27(2)19-56-42;3-2(4,5)1(6)7/h7-10,14-15,18-19,29-30,32,55-57H,5-6,11-13,16-17,20-25,53H2,1-4H3,(H2,69,70,71)(H3,54,58,63,66);(H,6,7)/t29-,30-,32+,49?,50?;/m1./s1. The number of rotatable bonds is 18. The number of ether oxygens (including phenoxy) is 2. The van der Waals surface area contributed by atoms with Crippen molar-refractivity contribution in [1.82, 2.24) is 25.1 Å². The summed E-state index contributed by atoms with van der Waals surface area (Å²) in [5.74, 6) is -3.68. The molecule has 2 aromatic heterocycles. The molecule has 10 rings (SSSR count). The van der Waals surface area contributed by atoms with E-state index in [1.54, 1.807) is 52.5 Å². The summed E-state index contributed by atoms with van der Waals surface area (Å²) in [5, 5.41) is 13.7. The minimum absolute atomic E-state index is 0.0581. The average molecular weight is 1210 g/mol. The number of primary amides is 1. The minimum Gasteiger partial charge on any atom is -0.475 e. The number of carbonyl (C=O) groups excluding carboxylic acids is 6. The number of phosphoric acid groups is 1. The second-order valence-electron chi connectivity index (χ2n) is 21.0. The number of amides is 7. The van der Waals surface area contributed by atoms with Gasteiger partial charge in [-0.15, -0.1) is 23.2 Å². The number of imide groups is 1. The molecule has 30 heteroatoms. The van der Waals surface area contributed by atoms with Crippen LogP contribution < -0.4 is 41.2 Å². The SMILES string of the molecule is Cc1c[nH]c2c(OC(=O)N(C)CCN(C)C(=O)OCc3ccc(N[C@@H](CCCN)C(=O)NC(N)=O)cc3)cc3c(c12)[C@H](CCl)CN3C(=O)C12CC(C(=O)N3C[C@@H](CCl)c4c3cc(OP(=O)(O)O)c3[nH]cc(C)c43)(C1)C2.O=C(O)C(F)(F)F. The fourth-order valence-corrected chi connectivity index (χ4v) is 12.3. The Labute approximate surface area is 476 Å². The van der Waals surface area contributed by atoms with Crippen LogP contribution in [0.25, 0.3) is 21.8 Å². The van der Waals surface area contributed by atoms with Crippen LogP contribution in [0.4, 0.5) is 44.6 Å². The minimum atomic E-state index is -5.08. The van der Waals surface area contributed by atoms with E-state index in [4.69, 9.17) is 58.6 Å². The number of likely N-dealkylation sites (N-methyl/N-ethyl adjacent to an activating group) is 2. The molecule has 11 N–H and O–H groups in total. The summed E-state index contributed by atoms with van der Waals surface area (Å²) in [6.07, 6.45) is -1.12. The van der Waals surface area contributed by atoms with E-state index in [0.717, 1.165) is 27.6 Å². The van der Waals surface area contributed by atoms with Crippen molar-refractivity contribution in [1.29, 1.82) is 0 Å². The van der Waals surface area contributed by atoms with Crippen LogP contribution in [0.1, 0.15) is 71.8 Å². The maximum atomic E-state index is 14.8. The van der Waals surface area contributed by atoms with Gasteiger partial charge in [-0.25, -0.2) is 23.7 Å². The zero-order chi connectivity index (χ0) is 60.0. The molecule has 0 spiro atoms. The van der Waals surface area contributed by atoms with Crippen LogP contribution >= 0.6 is 31.0 Å². The van der Waals surface area contributed by atoms with Crippen molar-refractivity contribution in [2.24, 2.45) is 22.3 Å². The Morgan fingerprint density at radius 3 is 1.76 bits per heavy atom. The van der Waals surface area contributed by atoms with Gasteiger partial charge in [-0.2, -0.15) is 13.2 Å². The fourth-order valence-electron chi connectivity index (χ4n) is 11.4. The largest absolute Gasteiger partial charge is 0.524 e. The second kappa shape index (κ2) is 23.5. The highest BCUT2D eigenvalue weighted by atomic mass is 35.5. The molecule has 3 aromatic carbocycles. The number of hydrogen-bond acceptors (Lipinski definition) is 13. The molecule has 24 nitrogen and oxygen atoms in total. The number of aromatic nitrogens is 2. The summed E-state index contributed by atoms with van der Waals surface area (Å²) in [6.45, 7) is 4.77. The molecule has 3 aliphatic carbocycles. The fraction of sp³-hybridized carbons (Fsp3) is 0.442. The Kier molecular flexibility index (Phi) is 17.4. The summed E-state index contributed by atoms with van der Waals surface area (Å²) in [4.78, 5) is 121. The quantitative estimate of drug-likeness (QED) is 0.0315.